The van der Waals surface area contributed by atoms with Crippen molar-refractivity contribution < 1.29 is 22.4 Å². The second kappa shape index (κ2) is 13.0. The van der Waals surface area contributed by atoms with Crippen LogP contribution in [0.5, 0.6) is 0 Å². The fourth-order valence-electron chi connectivity index (χ4n) is 5.09. The summed E-state index contributed by atoms with van der Waals surface area (Å²) < 4.78 is 18.6. The molecule has 0 aliphatic carbocycles. The average Bonchev–Trinajstić information content (AvgIpc) is 3.83. The molecule has 6 rings (SSSR count). The Balaban J connectivity index is 0.000000212. The van der Waals surface area contributed by atoms with Crippen molar-refractivity contribution in [3.63, 3.8) is 0 Å². The zero-order chi connectivity index (χ0) is 31.5. The number of aromatic carboxylic acids is 1. The predicted molar refractivity (Wildman–Crippen MR) is 160 cm³/mol. The van der Waals surface area contributed by atoms with Gasteiger partial charge in [-0.05, 0) is 48.2 Å². The third-order valence-corrected chi connectivity index (χ3v) is 7.04. The van der Waals surface area contributed by atoms with Crippen LogP contribution in [0.4, 0.5) is 11.4 Å². The lowest BCUT2D eigenvalue weighted by molar-refractivity contribution is 0.0600. The molecule has 10 nitrogen and oxygen atoms in total. The molecule has 2 aromatic heterocycles. The summed E-state index contributed by atoms with van der Waals surface area (Å²) in [6.45, 7) is 9.35. The van der Waals surface area contributed by atoms with Crippen LogP contribution in [-0.2, 0) is 44.8 Å². The fourth-order valence-corrected chi connectivity index (χ4v) is 5.09. The van der Waals surface area contributed by atoms with E-state index in [4.69, 9.17) is 12.8 Å². The number of carboxylic acids is 1. The number of hydrogen-bond acceptors (Lipinski definition) is 7. The van der Waals surface area contributed by atoms with Crippen molar-refractivity contribution in [2.24, 2.45) is 14.1 Å². The summed E-state index contributed by atoms with van der Waals surface area (Å²) in [6.07, 6.45) is 9.55. The molecule has 0 bridgehead atoms. The van der Waals surface area contributed by atoms with Crippen LogP contribution >= 0.6 is 0 Å². The minimum absolute atomic E-state index is 0.294. The second-order valence-electron chi connectivity index (χ2n) is 9.89. The number of carbonyl (C=O) groups excluding carboxylic acids is 1. The number of carbonyl (C=O) groups is 2. The molecule has 2 aromatic carbocycles. The van der Waals surface area contributed by atoms with Gasteiger partial charge in [-0.3, -0.25) is 0 Å². The van der Waals surface area contributed by atoms with Crippen molar-refractivity contribution in [1.29, 1.82) is 0 Å². The number of aryl methyl sites for hydroxylation is 2. The van der Waals surface area contributed by atoms with Gasteiger partial charge in [0.2, 0.25) is 0 Å². The molecular formula is C31H38N6O4. The smallest absolute Gasteiger partial charge is 0.337 e. The number of fused-ring (bicyclic) bond motifs is 2. The second-order valence-corrected chi connectivity index (χ2v) is 9.89. The monoisotopic (exact) mass is 560 g/mol. The van der Waals surface area contributed by atoms with Gasteiger partial charge in [-0.1, -0.05) is 12.1 Å². The highest BCUT2D eigenvalue weighted by Gasteiger charge is 2.22. The number of methoxy groups -OCH3 is 1. The minimum atomic E-state index is -0.882. The topological polar surface area (TPSA) is 106 Å². The Labute approximate surface area is 243 Å². The standard InChI is InChI=1S/C15H17N3O2.C14H15N3O2.C2H4.H2/c1-17-8-13(16-10-17)9-18-6-5-11-3-4-12(7-14(11)18)15(19)20-2;1-16-7-12(15-9-16)8-17-5-4-10-2-3-11(14(18)19)6-13(10)17;1-2;/h3-4,7-8,10H,5-6,9H2,1-2H3;2-3,6-7,9H,4-5,8H2,1H3,(H,18,19);1-2H2;1H/i;;;1+1D. The maximum absolute atomic E-state index is 11.6. The van der Waals surface area contributed by atoms with Crippen molar-refractivity contribution in [2.45, 2.75) is 25.9 Å². The number of ether oxygens (including phenoxy) is 1. The van der Waals surface area contributed by atoms with Gasteiger partial charge in [0.05, 0.1) is 55.4 Å². The molecule has 10 heteroatoms. The molecule has 0 spiro atoms. The Morgan fingerprint density at radius 2 is 1.34 bits per heavy atom. The van der Waals surface area contributed by atoms with Gasteiger partial charge in [-0.2, -0.15) is 0 Å². The molecule has 2 aliphatic rings. The Morgan fingerprint density at radius 3 is 1.76 bits per heavy atom. The molecule has 0 unspecified atom stereocenters. The maximum atomic E-state index is 11.6. The van der Waals surface area contributed by atoms with Crippen LogP contribution in [0.2, 0.25) is 0 Å². The lowest BCUT2D eigenvalue weighted by Gasteiger charge is -2.18. The van der Waals surface area contributed by atoms with E-state index < -0.39 is 5.97 Å². The number of rotatable bonds is 6. The molecule has 0 atom stereocenters. The quantitative estimate of drug-likeness (QED) is 0.272. The van der Waals surface area contributed by atoms with E-state index in [1.165, 1.54) is 18.2 Å². The molecule has 2 aliphatic heterocycles. The zero-order valence-corrected chi connectivity index (χ0v) is 23.8. The van der Waals surface area contributed by atoms with E-state index >= 15 is 0 Å². The first-order valence-electron chi connectivity index (χ1n) is 14.3. The SMILES string of the molecule is C=C.COC(=O)c1ccc2c(c1)N(Cc1cn(C)cn1)CC2.Cn1cnc(CN2CCc3ccc(C(=O)O)cc32)c1.[2H][2H]. The Bertz CT molecular complexity index is 1540. The van der Waals surface area contributed by atoms with Gasteiger partial charge in [0.1, 0.15) is 0 Å². The first kappa shape index (κ1) is 27.7. The van der Waals surface area contributed by atoms with E-state index in [0.717, 1.165) is 61.8 Å². The normalized spacial score (nSPS) is 13.1. The van der Waals surface area contributed by atoms with Gasteiger partial charge in [0.15, 0.2) is 0 Å². The molecule has 1 N–H and O–H groups in total. The van der Waals surface area contributed by atoms with Gasteiger partial charge < -0.3 is 28.8 Å². The van der Waals surface area contributed by atoms with Crippen LogP contribution in [0.1, 0.15) is 46.2 Å². The van der Waals surface area contributed by atoms with Crippen molar-refractivity contribution in [1.82, 2.24) is 19.1 Å². The first-order chi connectivity index (χ1) is 20.8. The first-order valence-corrected chi connectivity index (χ1v) is 13.3. The summed E-state index contributed by atoms with van der Waals surface area (Å²) in [5.74, 6) is -1.18. The molecule has 4 aromatic rings. The average molecular weight is 561 g/mol. The molecule has 0 saturated heterocycles. The Hall–Kier alpha value is -4.86. The fraction of sp³-hybridized carbons (Fsp3) is 0.290. The van der Waals surface area contributed by atoms with Crippen molar-refractivity contribution in [2.75, 3.05) is 30.0 Å². The third-order valence-electron chi connectivity index (χ3n) is 7.04. The number of nitrogens with zero attached hydrogens (tertiary/aromatic N) is 6. The number of aromatic nitrogens is 4. The predicted octanol–water partition coefficient (Wildman–Crippen LogP) is 4.50. The number of esters is 1. The number of carboxylic acid groups (broad SMARTS) is 1. The molecule has 216 valence electrons. The lowest BCUT2D eigenvalue weighted by atomic mass is 10.1. The van der Waals surface area contributed by atoms with E-state index in [9.17, 15) is 9.59 Å². The number of benzene rings is 2. The van der Waals surface area contributed by atoms with Gasteiger partial charge in [0.25, 0.3) is 0 Å². The highest BCUT2D eigenvalue weighted by atomic mass is 16.5. The summed E-state index contributed by atoms with van der Waals surface area (Å²) in [4.78, 5) is 35.8. The highest BCUT2D eigenvalue weighted by Crippen LogP contribution is 2.31. The Kier molecular flexibility index (Phi) is 8.78. The van der Waals surface area contributed by atoms with Crippen molar-refractivity contribution in [3.8, 4) is 0 Å². The van der Waals surface area contributed by atoms with Gasteiger partial charge in [-0.25, -0.2) is 19.6 Å². The summed E-state index contributed by atoms with van der Waals surface area (Å²) in [5.41, 5.74) is 7.57. The van der Waals surface area contributed by atoms with E-state index in [1.54, 1.807) is 24.8 Å². The van der Waals surface area contributed by atoms with Gasteiger partial charge in [0, 0.05) is 53.9 Å². The highest BCUT2D eigenvalue weighted by molar-refractivity contribution is 5.91. The van der Waals surface area contributed by atoms with Crippen LogP contribution in [0, 0.1) is 0 Å². The molecule has 4 heterocycles. The van der Waals surface area contributed by atoms with Crippen molar-refractivity contribution in [3.05, 3.63) is 108 Å². The lowest BCUT2D eigenvalue weighted by Crippen LogP contribution is -2.20. The number of imidazole rings is 2. The summed E-state index contributed by atoms with van der Waals surface area (Å²) >= 11 is 0. The van der Waals surface area contributed by atoms with Crippen LogP contribution in [0.3, 0.4) is 0 Å². The van der Waals surface area contributed by atoms with Crippen LogP contribution < -0.4 is 9.80 Å². The molecule has 0 fully saturated rings. The van der Waals surface area contributed by atoms with Crippen LogP contribution in [0.25, 0.3) is 0 Å². The molecular weight excluding hydrogens is 520 g/mol. The number of anilines is 2. The summed E-state index contributed by atoms with van der Waals surface area (Å²) in [5, 5.41) is 9.06. The largest absolute Gasteiger partial charge is 0.478 e. The molecule has 0 saturated carbocycles. The summed E-state index contributed by atoms with van der Waals surface area (Å²) in [7, 11) is 5.31. The van der Waals surface area contributed by atoms with E-state index in [1.807, 2.05) is 59.9 Å². The van der Waals surface area contributed by atoms with E-state index in [0.29, 0.717) is 11.1 Å². The van der Waals surface area contributed by atoms with Crippen LogP contribution in [-0.4, -0.2) is 56.3 Å². The zero-order valence-electron chi connectivity index (χ0n) is 25.8. The van der Waals surface area contributed by atoms with Crippen LogP contribution in [0.15, 0.2) is 74.6 Å². The van der Waals surface area contributed by atoms with E-state index in [-0.39, 0.29) is 5.97 Å². The minimum Gasteiger partial charge on any atom is -0.478 e. The summed E-state index contributed by atoms with van der Waals surface area (Å²) in [6, 6.07) is 11.1. The molecule has 0 amide bonds. The Morgan fingerprint density at radius 1 is 0.878 bits per heavy atom. The van der Waals surface area contributed by atoms with Crippen molar-refractivity contribution >= 4 is 23.3 Å². The number of hydrogen-bond donors (Lipinski definition) is 1. The maximum Gasteiger partial charge on any atom is 0.337 e. The van der Waals surface area contributed by atoms with E-state index in [2.05, 4.69) is 32.9 Å². The van der Waals surface area contributed by atoms with Gasteiger partial charge in [-0.15, -0.1) is 13.2 Å². The van der Waals surface area contributed by atoms with Gasteiger partial charge >= 0.3 is 11.9 Å². The molecule has 41 heavy (non-hydrogen) atoms. The third kappa shape index (κ3) is 6.84. The molecule has 0 radical (unpaired) electrons.